The van der Waals surface area contributed by atoms with E-state index < -0.39 is 0 Å². The van der Waals surface area contributed by atoms with Crippen LogP contribution in [0, 0.1) is 19.8 Å². The van der Waals surface area contributed by atoms with Gasteiger partial charge < -0.3 is 4.74 Å². The third-order valence-corrected chi connectivity index (χ3v) is 3.69. The van der Waals surface area contributed by atoms with Gasteiger partial charge in [0.15, 0.2) is 6.61 Å². The number of hydrazone groups is 1. The van der Waals surface area contributed by atoms with E-state index in [1.165, 1.54) is 32.1 Å². The lowest BCUT2D eigenvalue weighted by Crippen LogP contribution is -2.25. The predicted octanol–water partition coefficient (Wildman–Crippen LogP) is 3.36. The molecule has 114 valence electrons. The van der Waals surface area contributed by atoms with Crippen molar-refractivity contribution in [3.05, 3.63) is 29.3 Å². The van der Waals surface area contributed by atoms with E-state index in [-0.39, 0.29) is 12.5 Å². The van der Waals surface area contributed by atoms with E-state index in [0.717, 1.165) is 16.9 Å². The van der Waals surface area contributed by atoms with Crippen LogP contribution in [0.2, 0.25) is 0 Å². The van der Waals surface area contributed by atoms with Crippen molar-refractivity contribution < 1.29 is 9.53 Å². The molecule has 1 saturated carbocycles. The minimum atomic E-state index is -0.221. The summed E-state index contributed by atoms with van der Waals surface area (Å²) in [6, 6.07) is 5.92. The first-order chi connectivity index (χ1) is 10.1. The van der Waals surface area contributed by atoms with Crippen LogP contribution in [0.5, 0.6) is 5.75 Å². The highest BCUT2D eigenvalue weighted by Crippen LogP contribution is 2.21. The molecule has 0 atom stereocenters. The monoisotopic (exact) mass is 288 g/mol. The fourth-order valence-corrected chi connectivity index (χ4v) is 2.70. The summed E-state index contributed by atoms with van der Waals surface area (Å²) in [5.41, 5.74) is 4.79. The topological polar surface area (TPSA) is 50.7 Å². The molecule has 21 heavy (non-hydrogen) atoms. The van der Waals surface area contributed by atoms with E-state index in [0.29, 0.717) is 5.92 Å². The molecule has 0 spiro atoms. The van der Waals surface area contributed by atoms with Crippen molar-refractivity contribution in [3.63, 3.8) is 0 Å². The van der Waals surface area contributed by atoms with Crippen molar-refractivity contribution >= 4 is 12.1 Å². The van der Waals surface area contributed by atoms with E-state index >= 15 is 0 Å². The Hall–Kier alpha value is -1.84. The Morgan fingerprint density at radius 1 is 1.24 bits per heavy atom. The van der Waals surface area contributed by atoms with E-state index in [1.54, 1.807) is 0 Å². The van der Waals surface area contributed by atoms with Gasteiger partial charge in [-0.3, -0.25) is 4.79 Å². The summed E-state index contributed by atoms with van der Waals surface area (Å²) < 4.78 is 5.49. The molecule has 0 aromatic heterocycles. The highest BCUT2D eigenvalue weighted by atomic mass is 16.5. The first kappa shape index (κ1) is 15.5. The minimum Gasteiger partial charge on any atom is -0.484 e. The van der Waals surface area contributed by atoms with E-state index in [1.807, 2.05) is 32.2 Å². The molecule has 4 heteroatoms. The van der Waals surface area contributed by atoms with Crippen LogP contribution in [0.15, 0.2) is 23.3 Å². The Morgan fingerprint density at radius 3 is 2.57 bits per heavy atom. The Labute approximate surface area is 126 Å². The number of aryl methyl sites for hydroxylation is 2. The van der Waals surface area contributed by atoms with Crippen molar-refractivity contribution in [1.29, 1.82) is 0 Å². The van der Waals surface area contributed by atoms with Crippen LogP contribution in [-0.2, 0) is 4.79 Å². The summed E-state index contributed by atoms with van der Waals surface area (Å²) in [5, 5.41) is 4.04. The number of carbonyl (C=O) groups excluding carboxylic acids is 1. The fraction of sp³-hybridized carbons (Fsp3) is 0.529. The van der Waals surface area contributed by atoms with Crippen molar-refractivity contribution in [2.24, 2.45) is 11.0 Å². The summed E-state index contributed by atoms with van der Waals surface area (Å²) in [6.45, 7) is 4.01. The SMILES string of the molecule is Cc1cc(C)cc(OCC(=O)N/N=C/C2CCCCC2)c1. The van der Waals surface area contributed by atoms with Crippen LogP contribution >= 0.6 is 0 Å². The number of carbonyl (C=O) groups is 1. The van der Waals surface area contributed by atoms with Crippen LogP contribution in [0.3, 0.4) is 0 Å². The van der Waals surface area contributed by atoms with Gasteiger partial charge in [-0.25, -0.2) is 5.43 Å². The van der Waals surface area contributed by atoms with Crippen LogP contribution in [0.25, 0.3) is 0 Å². The quantitative estimate of drug-likeness (QED) is 0.667. The molecule has 1 aromatic rings. The standard InChI is InChI=1S/C17H24N2O2/c1-13-8-14(2)10-16(9-13)21-12-17(20)19-18-11-15-6-4-3-5-7-15/h8-11,15H,3-7,12H2,1-2H3,(H,19,20)/b18-11+. The average Bonchev–Trinajstić information content (AvgIpc) is 2.45. The zero-order chi connectivity index (χ0) is 15.1. The molecule has 0 heterocycles. The number of amides is 1. The fourth-order valence-electron chi connectivity index (χ4n) is 2.70. The van der Waals surface area contributed by atoms with Gasteiger partial charge >= 0.3 is 0 Å². The molecule has 2 rings (SSSR count). The third-order valence-electron chi connectivity index (χ3n) is 3.69. The maximum atomic E-state index is 11.7. The van der Waals surface area contributed by atoms with E-state index in [4.69, 9.17) is 4.74 Å². The molecule has 1 N–H and O–H groups in total. The molecular weight excluding hydrogens is 264 g/mol. The highest BCUT2D eigenvalue weighted by Gasteiger charge is 2.10. The van der Waals surface area contributed by atoms with Crippen molar-refractivity contribution in [3.8, 4) is 5.75 Å². The number of rotatable bonds is 5. The smallest absolute Gasteiger partial charge is 0.277 e. The van der Waals surface area contributed by atoms with Gasteiger partial charge in [-0.05, 0) is 55.9 Å². The summed E-state index contributed by atoms with van der Waals surface area (Å²) in [7, 11) is 0. The van der Waals surface area contributed by atoms with Gasteiger partial charge in [-0.1, -0.05) is 25.3 Å². The molecule has 0 bridgehead atoms. The Balaban J connectivity index is 1.72. The van der Waals surface area contributed by atoms with E-state index in [9.17, 15) is 4.79 Å². The van der Waals surface area contributed by atoms with Gasteiger partial charge in [0, 0.05) is 6.21 Å². The summed E-state index contributed by atoms with van der Waals surface area (Å²) in [6.07, 6.45) is 8.08. The van der Waals surface area contributed by atoms with Gasteiger partial charge in [-0.2, -0.15) is 5.10 Å². The lowest BCUT2D eigenvalue weighted by atomic mass is 9.90. The second kappa shape index (κ2) is 7.81. The highest BCUT2D eigenvalue weighted by molar-refractivity contribution is 5.78. The second-order valence-electron chi connectivity index (χ2n) is 5.82. The summed E-state index contributed by atoms with van der Waals surface area (Å²) in [4.78, 5) is 11.7. The maximum Gasteiger partial charge on any atom is 0.277 e. The summed E-state index contributed by atoms with van der Waals surface area (Å²) >= 11 is 0. The first-order valence-corrected chi connectivity index (χ1v) is 7.66. The lowest BCUT2D eigenvalue weighted by Gasteiger charge is -2.16. The Morgan fingerprint density at radius 2 is 1.90 bits per heavy atom. The molecule has 1 aromatic carbocycles. The number of hydrogen-bond donors (Lipinski definition) is 1. The number of nitrogens with one attached hydrogen (secondary N) is 1. The van der Waals surface area contributed by atoms with Gasteiger partial charge in [0.05, 0.1) is 0 Å². The molecule has 1 aliphatic rings. The molecule has 1 amide bonds. The molecule has 1 aliphatic carbocycles. The zero-order valence-corrected chi connectivity index (χ0v) is 12.9. The van der Waals surface area contributed by atoms with Crippen LogP contribution in [0.4, 0.5) is 0 Å². The molecule has 0 aliphatic heterocycles. The van der Waals surface area contributed by atoms with Crippen LogP contribution < -0.4 is 10.2 Å². The van der Waals surface area contributed by atoms with Gasteiger partial charge in [0.25, 0.3) is 5.91 Å². The minimum absolute atomic E-state index is 0.00903. The van der Waals surface area contributed by atoms with E-state index in [2.05, 4.69) is 16.6 Å². The first-order valence-electron chi connectivity index (χ1n) is 7.66. The van der Waals surface area contributed by atoms with Crippen LogP contribution in [0.1, 0.15) is 43.2 Å². The molecule has 0 unspecified atom stereocenters. The lowest BCUT2D eigenvalue weighted by molar-refractivity contribution is -0.123. The van der Waals surface area contributed by atoms with Crippen molar-refractivity contribution in [2.45, 2.75) is 46.0 Å². The number of ether oxygens (including phenoxy) is 1. The largest absolute Gasteiger partial charge is 0.484 e. The number of nitrogens with zero attached hydrogens (tertiary/aromatic N) is 1. The molecule has 0 saturated heterocycles. The van der Waals surface area contributed by atoms with Crippen molar-refractivity contribution in [2.75, 3.05) is 6.61 Å². The average molecular weight is 288 g/mol. The van der Waals surface area contributed by atoms with Crippen molar-refractivity contribution in [1.82, 2.24) is 5.43 Å². The molecule has 0 radical (unpaired) electrons. The molecular formula is C17H24N2O2. The summed E-state index contributed by atoms with van der Waals surface area (Å²) in [5.74, 6) is 1.01. The zero-order valence-electron chi connectivity index (χ0n) is 12.9. The number of hydrogen-bond acceptors (Lipinski definition) is 3. The Kier molecular flexibility index (Phi) is 5.78. The van der Waals surface area contributed by atoms with Gasteiger partial charge in [-0.15, -0.1) is 0 Å². The van der Waals surface area contributed by atoms with Crippen LogP contribution in [-0.4, -0.2) is 18.7 Å². The normalized spacial score (nSPS) is 16.1. The second-order valence-corrected chi connectivity index (χ2v) is 5.82. The molecule has 1 fully saturated rings. The predicted molar refractivity (Wildman–Crippen MR) is 84.6 cm³/mol. The van der Waals surface area contributed by atoms with Gasteiger partial charge in [0.1, 0.15) is 5.75 Å². The third kappa shape index (κ3) is 5.58. The Bertz CT molecular complexity index is 485. The number of benzene rings is 1. The van der Waals surface area contributed by atoms with Gasteiger partial charge in [0.2, 0.25) is 0 Å². The maximum absolute atomic E-state index is 11.7. The molecule has 4 nitrogen and oxygen atoms in total.